The van der Waals surface area contributed by atoms with E-state index in [1.165, 1.54) is 0 Å². The predicted molar refractivity (Wildman–Crippen MR) is 126 cm³/mol. The number of ether oxygens (including phenoxy) is 1. The van der Waals surface area contributed by atoms with Gasteiger partial charge >= 0.3 is 5.97 Å². The second-order valence-electron chi connectivity index (χ2n) is 8.67. The first-order valence-corrected chi connectivity index (χ1v) is 11.4. The van der Waals surface area contributed by atoms with Crippen LogP contribution in [0.25, 0.3) is 0 Å². The van der Waals surface area contributed by atoms with Gasteiger partial charge in [-0.15, -0.1) is 0 Å². The number of aryl methyl sites for hydroxylation is 2. The van der Waals surface area contributed by atoms with Crippen molar-refractivity contribution in [2.75, 3.05) is 24.6 Å². The smallest absolute Gasteiger partial charge is 0.309 e. The van der Waals surface area contributed by atoms with Gasteiger partial charge in [0.05, 0.1) is 18.2 Å². The maximum atomic E-state index is 13.6. The van der Waals surface area contributed by atoms with E-state index in [1.807, 2.05) is 63.2 Å². The summed E-state index contributed by atoms with van der Waals surface area (Å²) in [7, 11) is 0. The van der Waals surface area contributed by atoms with E-state index in [0.717, 1.165) is 22.4 Å². The highest BCUT2D eigenvalue weighted by Gasteiger charge is 2.40. The van der Waals surface area contributed by atoms with Gasteiger partial charge in [0, 0.05) is 19.5 Å². The number of guanidine groups is 1. The summed E-state index contributed by atoms with van der Waals surface area (Å²) in [5, 5.41) is 0. The fourth-order valence-corrected chi connectivity index (χ4v) is 4.59. The maximum absolute atomic E-state index is 13.6. The van der Waals surface area contributed by atoms with E-state index < -0.39 is 6.04 Å². The van der Waals surface area contributed by atoms with Gasteiger partial charge < -0.3 is 9.64 Å². The van der Waals surface area contributed by atoms with Gasteiger partial charge in [-0.3, -0.25) is 9.59 Å². The summed E-state index contributed by atoms with van der Waals surface area (Å²) in [6.45, 7) is 7.67. The van der Waals surface area contributed by atoms with Crippen LogP contribution in [0.1, 0.15) is 36.5 Å². The van der Waals surface area contributed by atoms with Crippen LogP contribution in [0.15, 0.2) is 53.5 Å². The molecule has 0 aromatic heterocycles. The molecule has 32 heavy (non-hydrogen) atoms. The highest BCUT2D eigenvalue weighted by molar-refractivity contribution is 6.22. The van der Waals surface area contributed by atoms with Crippen molar-refractivity contribution in [3.63, 3.8) is 0 Å². The lowest BCUT2D eigenvalue weighted by atomic mass is 9.97. The first kappa shape index (κ1) is 22.1. The van der Waals surface area contributed by atoms with Crippen LogP contribution >= 0.6 is 0 Å². The largest absolute Gasteiger partial charge is 0.466 e. The molecule has 1 atom stereocenters. The van der Waals surface area contributed by atoms with Crippen LogP contribution in [-0.2, 0) is 20.7 Å². The Morgan fingerprint density at radius 1 is 1.06 bits per heavy atom. The molecular weight excluding hydrogens is 402 g/mol. The summed E-state index contributed by atoms with van der Waals surface area (Å²) in [6, 6.07) is 15.8. The van der Waals surface area contributed by atoms with Crippen molar-refractivity contribution in [3.05, 3.63) is 65.2 Å². The molecule has 0 spiro atoms. The summed E-state index contributed by atoms with van der Waals surface area (Å²) in [4.78, 5) is 34.6. The Hall–Kier alpha value is -3.15. The summed E-state index contributed by atoms with van der Waals surface area (Å²) in [6.07, 6.45) is 1.98. The number of benzene rings is 2. The number of carbonyl (C=O) groups is 2. The van der Waals surface area contributed by atoms with Crippen LogP contribution in [-0.4, -0.2) is 48.5 Å². The van der Waals surface area contributed by atoms with Gasteiger partial charge in [0.1, 0.15) is 6.04 Å². The van der Waals surface area contributed by atoms with Crippen molar-refractivity contribution in [2.24, 2.45) is 10.9 Å². The summed E-state index contributed by atoms with van der Waals surface area (Å²) >= 11 is 0. The number of hydrogen-bond acceptors (Lipinski definition) is 5. The molecule has 2 aromatic rings. The van der Waals surface area contributed by atoms with Crippen LogP contribution in [0.5, 0.6) is 0 Å². The Bertz CT molecular complexity index is 990. The Balaban J connectivity index is 1.60. The van der Waals surface area contributed by atoms with Crippen LogP contribution in [0.3, 0.4) is 0 Å². The quantitative estimate of drug-likeness (QED) is 0.671. The highest BCUT2D eigenvalue weighted by Crippen LogP contribution is 2.29. The van der Waals surface area contributed by atoms with E-state index in [9.17, 15) is 9.59 Å². The summed E-state index contributed by atoms with van der Waals surface area (Å²) in [5.74, 6) is 0.494. The fraction of sp³-hybridized carbons (Fsp3) is 0.423. The number of aliphatic imine (C=N–C) groups is 1. The first-order chi connectivity index (χ1) is 15.5. The maximum Gasteiger partial charge on any atom is 0.309 e. The Kier molecular flexibility index (Phi) is 6.58. The van der Waals surface area contributed by atoms with Gasteiger partial charge in [-0.25, -0.2) is 9.89 Å². The second-order valence-corrected chi connectivity index (χ2v) is 8.67. The molecule has 1 unspecified atom stereocenters. The fourth-order valence-electron chi connectivity index (χ4n) is 4.59. The third-order valence-electron chi connectivity index (χ3n) is 6.11. The summed E-state index contributed by atoms with van der Waals surface area (Å²) in [5.41, 5.74) is 4.17. The number of amides is 1. The van der Waals surface area contributed by atoms with Crippen molar-refractivity contribution >= 4 is 23.5 Å². The van der Waals surface area contributed by atoms with Crippen molar-refractivity contribution in [1.82, 2.24) is 4.90 Å². The lowest BCUT2D eigenvalue weighted by Crippen LogP contribution is -2.48. The molecule has 168 valence electrons. The zero-order valence-corrected chi connectivity index (χ0v) is 19.1. The van der Waals surface area contributed by atoms with Crippen molar-refractivity contribution in [3.8, 4) is 0 Å². The third kappa shape index (κ3) is 4.69. The number of rotatable bonds is 5. The molecule has 2 aliphatic rings. The zero-order valence-electron chi connectivity index (χ0n) is 19.1. The Morgan fingerprint density at radius 3 is 2.34 bits per heavy atom. The average Bonchev–Trinajstić information content (AvgIpc) is 3.10. The third-order valence-corrected chi connectivity index (χ3v) is 6.11. The summed E-state index contributed by atoms with van der Waals surface area (Å²) < 4.78 is 5.21. The topological polar surface area (TPSA) is 62.2 Å². The minimum atomic E-state index is -0.448. The molecule has 0 saturated carbocycles. The van der Waals surface area contributed by atoms with E-state index in [-0.39, 0.29) is 17.8 Å². The van der Waals surface area contributed by atoms with E-state index in [2.05, 4.69) is 11.0 Å². The van der Waals surface area contributed by atoms with E-state index in [1.54, 1.807) is 4.90 Å². The standard InChI is InChI=1S/C26H31N3O3/c1-4-32-25(31)21-10-12-28(13-11-21)26-27-23(17-20-8-6-5-7-9-20)24(30)29(26)22-15-18(2)14-19(3)16-22/h5-9,14-16,21,23H,4,10-13,17H2,1-3H3. The van der Waals surface area contributed by atoms with Gasteiger partial charge in [0.25, 0.3) is 5.91 Å². The number of nitrogens with zero attached hydrogens (tertiary/aromatic N) is 3. The molecule has 2 heterocycles. The van der Waals surface area contributed by atoms with Gasteiger partial charge in [0.15, 0.2) is 0 Å². The van der Waals surface area contributed by atoms with Crippen molar-refractivity contribution in [1.29, 1.82) is 0 Å². The average molecular weight is 434 g/mol. The molecule has 6 nitrogen and oxygen atoms in total. The lowest BCUT2D eigenvalue weighted by Gasteiger charge is -2.35. The molecule has 0 N–H and O–H groups in total. The predicted octanol–water partition coefficient (Wildman–Crippen LogP) is 3.89. The Morgan fingerprint density at radius 2 is 1.72 bits per heavy atom. The molecule has 4 rings (SSSR count). The van der Waals surface area contributed by atoms with Gasteiger partial charge in [-0.05, 0) is 62.4 Å². The van der Waals surface area contributed by atoms with Gasteiger partial charge in [0.2, 0.25) is 5.96 Å². The van der Waals surface area contributed by atoms with Crippen LogP contribution in [0.4, 0.5) is 5.69 Å². The molecule has 0 aliphatic carbocycles. The zero-order chi connectivity index (χ0) is 22.7. The highest BCUT2D eigenvalue weighted by atomic mass is 16.5. The van der Waals surface area contributed by atoms with Crippen LogP contribution < -0.4 is 4.90 Å². The Labute approximate surface area is 189 Å². The molecule has 1 amide bonds. The minimum absolute atomic E-state index is 0.00127. The van der Waals surface area contributed by atoms with Crippen LogP contribution in [0.2, 0.25) is 0 Å². The monoisotopic (exact) mass is 433 g/mol. The number of carbonyl (C=O) groups excluding carboxylic acids is 2. The van der Waals surface area contributed by atoms with Crippen LogP contribution in [0, 0.1) is 19.8 Å². The molecular formula is C26H31N3O3. The SMILES string of the molecule is CCOC(=O)C1CCN(C2=NC(Cc3ccccc3)C(=O)N2c2cc(C)cc(C)c2)CC1. The van der Waals surface area contributed by atoms with Gasteiger partial charge in [-0.1, -0.05) is 36.4 Å². The molecule has 0 radical (unpaired) electrons. The van der Waals surface area contributed by atoms with E-state index in [0.29, 0.717) is 44.9 Å². The molecule has 2 aromatic carbocycles. The number of anilines is 1. The number of hydrogen-bond donors (Lipinski definition) is 0. The first-order valence-electron chi connectivity index (χ1n) is 11.4. The number of esters is 1. The van der Waals surface area contributed by atoms with E-state index in [4.69, 9.17) is 9.73 Å². The number of piperidine rings is 1. The molecule has 2 aliphatic heterocycles. The van der Waals surface area contributed by atoms with E-state index >= 15 is 0 Å². The molecule has 0 bridgehead atoms. The van der Waals surface area contributed by atoms with Crippen molar-refractivity contribution in [2.45, 2.75) is 46.1 Å². The normalized spacial score (nSPS) is 19.3. The van der Waals surface area contributed by atoms with Crippen molar-refractivity contribution < 1.29 is 14.3 Å². The minimum Gasteiger partial charge on any atom is -0.466 e. The molecule has 1 saturated heterocycles. The molecule has 6 heteroatoms. The second kappa shape index (κ2) is 9.55. The number of likely N-dealkylation sites (tertiary alicyclic amines) is 1. The molecule has 1 fully saturated rings. The van der Waals surface area contributed by atoms with Gasteiger partial charge in [-0.2, -0.15) is 0 Å². The lowest BCUT2D eigenvalue weighted by molar-refractivity contribution is -0.149.